The molecule has 0 unspecified atom stereocenters. The van der Waals surface area contributed by atoms with E-state index in [-0.39, 0.29) is 5.97 Å². The Balaban J connectivity index is 1.43. The number of halogens is 1. The van der Waals surface area contributed by atoms with Gasteiger partial charge in [-0.3, -0.25) is 4.90 Å². The number of carbonyl (C=O) groups excluding carboxylic acids is 1. The second kappa shape index (κ2) is 9.90. The fourth-order valence-electron chi connectivity index (χ4n) is 4.69. The lowest BCUT2D eigenvalue weighted by molar-refractivity contribution is 0.0600. The molecule has 172 valence electrons. The van der Waals surface area contributed by atoms with E-state index >= 15 is 0 Å². The highest BCUT2D eigenvalue weighted by molar-refractivity contribution is 8.32. The molecule has 0 aliphatic carbocycles. The van der Waals surface area contributed by atoms with Crippen LogP contribution in [-0.2, 0) is 4.74 Å². The Morgan fingerprint density at radius 1 is 1.00 bits per heavy atom. The Morgan fingerprint density at radius 3 is 2.28 bits per heavy atom. The maximum absolute atomic E-state index is 11.7. The number of ether oxygens (including phenoxy) is 1. The van der Waals surface area contributed by atoms with Crippen molar-refractivity contribution in [2.75, 3.05) is 68.8 Å². The summed E-state index contributed by atoms with van der Waals surface area (Å²) in [5, 5.41) is 0.799. The number of piperazine rings is 1. The zero-order valence-electron chi connectivity index (χ0n) is 19.3. The molecule has 0 N–H and O–H groups in total. The molecule has 2 heterocycles. The molecule has 0 spiro atoms. The van der Waals surface area contributed by atoms with Gasteiger partial charge in [0.25, 0.3) is 0 Å². The van der Waals surface area contributed by atoms with E-state index in [1.807, 2.05) is 36.4 Å². The van der Waals surface area contributed by atoms with Gasteiger partial charge in [-0.25, -0.2) is 14.8 Å². The van der Waals surface area contributed by atoms with E-state index in [9.17, 15) is 4.79 Å². The second-order valence-corrected chi connectivity index (χ2v) is 13.9. The van der Waals surface area contributed by atoms with E-state index in [2.05, 4.69) is 34.4 Å². The van der Waals surface area contributed by atoms with Gasteiger partial charge in [0, 0.05) is 43.4 Å². The van der Waals surface area contributed by atoms with Crippen molar-refractivity contribution in [3.8, 4) is 0 Å². The Labute approximate surface area is 198 Å². The van der Waals surface area contributed by atoms with Crippen molar-refractivity contribution >= 4 is 38.9 Å². The lowest BCUT2D eigenvalue weighted by atomic mass is 9.97. The fourth-order valence-corrected chi connectivity index (χ4v) is 6.92. The van der Waals surface area contributed by atoms with Crippen molar-refractivity contribution in [3.63, 3.8) is 0 Å². The monoisotopic (exact) mass is 472 g/mol. The highest BCUT2D eigenvalue weighted by Gasteiger charge is 2.26. The minimum Gasteiger partial charge on any atom is -0.465 e. The zero-order chi connectivity index (χ0) is 22.7. The van der Waals surface area contributed by atoms with Gasteiger partial charge in [0.2, 0.25) is 0 Å². The van der Waals surface area contributed by atoms with Gasteiger partial charge in [-0.15, -0.1) is 0 Å². The van der Waals surface area contributed by atoms with Crippen LogP contribution in [-0.4, -0.2) is 74.7 Å². The van der Waals surface area contributed by atoms with Gasteiger partial charge in [-0.1, -0.05) is 23.7 Å². The van der Waals surface area contributed by atoms with Crippen LogP contribution in [0, 0.1) is 0 Å². The Morgan fingerprint density at radius 2 is 1.66 bits per heavy atom. The Hall–Kier alpha value is -1.95. The number of benzene rings is 2. The smallest absolute Gasteiger partial charge is 0.337 e. The van der Waals surface area contributed by atoms with Gasteiger partial charge in [-0.05, 0) is 83.5 Å². The average Bonchev–Trinajstić information content (AvgIpc) is 2.80. The van der Waals surface area contributed by atoms with Crippen molar-refractivity contribution in [2.24, 2.45) is 0 Å². The predicted octanol–water partition coefficient (Wildman–Crippen LogP) is 5.17. The largest absolute Gasteiger partial charge is 0.465 e. The molecule has 2 aliphatic heterocycles. The summed E-state index contributed by atoms with van der Waals surface area (Å²) in [6.45, 7) is 5.15. The summed E-state index contributed by atoms with van der Waals surface area (Å²) >= 11 is 6.14. The molecule has 1 saturated heterocycles. The third-order valence-corrected chi connectivity index (χ3v) is 9.22. The van der Waals surface area contributed by atoms with E-state index in [4.69, 9.17) is 16.3 Å². The SMILES string of the molecule is COC(=O)c1ccc(N2CCN(CC3=C(c4ccc(Cl)cc4)CCS(C)(C)C3)CC2)cc1. The predicted molar refractivity (Wildman–Crippen MR) is 139 cm³/mol. The molecule has 2 aromatic carbocycles. The third kappa shape index (κ3) is 5.51. The summed E-state index contributed by atoms with van der Waals surface area (Å²) in [4.78, 5) is 16.7. The molecule has 0 radical (unpaired) electrons. The summed E-state index contributed by atoms with van der Waals surface area (Å²) in [6, 6.07) is 16.1. The van der Waals surface area contributed by atoms with Gasteiger partial charge in [0.05, 0.1) is 12.7 Å². The number of hydrogen-bond acceptors (Lipinski definition) is 4. The quantitative estimate of drug-likeness (QED) is 0.562. The summed E-state index contributed by atoms with van der Waals surface area (Å²) in [5.74, 6) is 2.26. The van der Waals surface area contributed by atoms with Gasteiger partial charge < -0.3 is 9.64 Å². The molecule has 2 aromatic rings. The maximum Gasteiger partial charge on any atom is 0.337 e. The van der Waals surface area contributed by atoms with Crippen LogP contribution in [0.15, 0.2) is 54.1 Å². The molecule has 32 heavy (non-hydrogen) atoms. The normalized spacial score (nSPS) is 20.2. The summed E-state index contributed by atoms with van der Waals surface area (Å²) in [7, 11) is 0.857. The van der Waals surface area contributed by atoms with E-state index in [0.717, 1.165) is 37.7 Å². The summed E-state index contributed by atoms with van der Waals surface area (Å²) in [6.07, 6.45) is 6.12. The van der Waals surface area contributed by atoms with Crippen molar-refractivity contribution < 1.29 is 9.53 Å². The first-order chi connectivity index (χ1) is 15.3. The molecule has 4 rings (SSSR count). The van der Waals surface area contributed by atoms with Gasteiger partial charge in [0.1, 0.15) is 0 Å². The number of esters is 1. The first-order valence-electron chi connectivity index (χ1n) is 11.2. The number of carbonyl (C=O) groups is 1. The van der Waals surface area contributed by atoms with Crippen LogP contribution in [0.25, 0.3) is 5.57 Å². The molecule has 4 nitrogen and oxygen atoms in total. The third-order valence-electron chi connectivity index (χ3n) is 6.53. The van der Waals surface area contributed by atoms with Crippen LogP contribution in [0.1, 0.15) is 22.3 Å². The van der Waals surface area contributed by atoms with Gasteiger partial charge in [0.15, 0.2) is 0 Å². The number of hydrogen-bond donors (Lipinski definition) is 0. The molecular formula is C26H33ClN2O2S. The topological polar surface area (TPSA) is 32.8 Å². The minimum atomic E-state index is -0.558. The van der Waals surface area contributed by atoms with Crippen molar-refractivity contribution in [3.05, 3.63) is 70.3 Å². The summed E-state index contributed by atoms with van der Waals surface area (Å²) in [5.41, 5.74) is 6.26. The van der Waals surface area contributed by atoms with E-state index in [1.54, 1.807) is 5.57 Å². The lowest BCUT2D eigenvalue weighted by Gasteiger charge is -2.41. The second-order valence-electron chi connectivity index (χ2n) is 9.26. The van der Waals surface area contributed by atoms with Crippen LogP contribution >= 0.6 is 21.6 Å². The molecular weight excluding hydrogens is 440 g/mol. The van der Waals surface area contributed by atoms with Crippen LogP contribution < -0.4 is 4.90 Å². The number of anilines is 1. The Bertz CT molecular complexity index is 978. The highest BCUT2D eigenvalue weighted by atomic mass is 35.5. The standard InChI is InChI=1S/C26H33ClN2O2S/c1-31-26(30)21-6-10-24(11-7-21)29-15-13-28(14-16-29)18-22-19-32(2,3)17-12-25(22)20-4-8-23(27)9-5-20/h4-11H,12-19H2,1-3H3. The Kier molecular flexibility index (Phi) is 7.18. The zero-order valence-corrected chi connectivity index (χ0v) is 20.8. The number of rotatable bonds is 5. The lowest BCUT2D eigenvalue weighted by Crippen LogP contribution is -2.47. The van der Waals surface area contributed by atoms with Crippen LogP contribution in [0.2, 0.25) is 5.02 Å². The van der Waals surface area contributed by atoms with Crippen LogP contribution in [0.5, 0.6) is 0 Å². The van der Waals surface area contributed by atoms with Crippen molar-refractivity contribution in [2.45, 2.75) is 6.42 Å². The molecule has 1 fully saturated rings. The molecule has 0 amide bonds. The molecule has 0 bridgehead atoms. The summed E-state index contributed by atoms with van der Waals surface area (Å²) < 4.78 is 4.80. The molecule has 0 saturated carbocycles. The molecule has 6 heteroatoms. The first-order valence-corrected chi connectivity index (χ1v) is 14.3. The van der Waals surface area contributed by atoms with Crippen LogP contribution in [0.3, 0.4) is 0 Å². The molecule has 0 atom stereocenters. The fraction of sp³-hybridized carbons (Fsp3) is 0.423. The van der Waals surface area contributed by atoms with E-state index in [1.165, 1.54) is 41.9 Å². The highest BCUT2D eigenvalue weighted by Crippen LogP contribution is 2.49. The number of methoxy groups -OCH3 is 1. The maximum atomic E-state index is 11.7. The molecule has 0 aromatic heterocycles. The van der Waals surface area contributed by atoms with Crippen molar-refractivity contribution in [1.29, 1.82) is 0 Å². The van der Waals surface area contributed by atoms with E-state index < -0.39 is 10.0 Å². The van der Waals surface area contributed by atoms with Gasteiger partial charge >= 0.3 is 5.97 Å². The molecule has 2 aliphatic rings. The van der Waals surface area contributed by atoms with Gasteiger partial charge in [-0.2, -0.15) is 0 Å². The number of nitrogens with zero attached hydrogens (tertiary/aromatic N) is 2. The van der Waals surface area contributed by atoms with Crippen LogP contribution in [0.4, 0.5) is 5.69 Å². The first kappa shape index (κ1) is 23.2. The van der Waals surface area contributed by atoms with Crippen molar-refractivity contribution in [1.82, 2.24) is 4.90 Å². The average molecular weight is 473 g/mol. The minimum absolute atomic E-state index is 0.288. The number of allylic oxidation sites excluding steroid dienone is 1. The van der Waals surface area contributed by atoms with E-state index in [0.29, 0.717) is 5.56 Å².